The van der Waals surface area contributed by atoms with Crippen LogP contribution in [0.1, 0.15) is 32.6 Å². The summed E-state index contributed by atoms with van der Waals surface area (Å²) < 4.78 is 10.9. The Balaban J connectivity index is 1.72. The van der Waals surface area contributed by atoms with Gasteiger partial charge in [-0.05, 0) is 25.7 Å². The van der Waals surface area contributed by atoms with Crippen molar-refractivity contribution >= 4 is 0 Å². The summed E-state index contributed by atoms with van der Waals surface area (Å²) in [5, 5.41) is 0. The normalized spacial score (nSPS) is 33.0. The molecule has 11 heavy (non-hydrogen) atoms. The predicted molar refractivity (Wildman–Crippen MR) is 42.6 cm³/mol. The van der Waals surface area contributed by atoms with Gasteiger partial charge in [-0.3, -0.25) is 0 Å². The van der Waals surface area contributed by atoms with Gasteiger partial charge in [0.05, 0.1) is 18.8 Å². The number of hydrogen-bond donors (Lipinski definition) is 0. The van der Waals surface area contributed by atoms with Gasteiger partial charge in [-0.15, -0.1) is 0 Å². The largest absolute Gasteiger partial charge is 0.372 e. The van der Waals surface area contributed by atoms with Crippen molar-refractivity contribution in [1.82, 2.24) is 0 Å². The van der Waals surface area contributed by atoms with Gasteiger partial charge in [0, 0.05) is 0 Å². The van der Waals surface area contributed by atoms with Gasteiger partial charge in [0.1, 0.15) is 6.10 Å². The molecular formula is C9H16O2. The van der Waals surface area contributed by atoms with Crippen molar-refractivity contribution in [2.24, 2.45) is 0 Å². The SMILES string of the molecule is CCC1(OCC2CO2)CCC1. The molecule has 0 aromatic carbocycles. The Bertz CT molecular complexity index is 131. The van der Waals surface area contributed by atoms with E-state index in [2.05, 4.69) is 6.92 Å². The van der Waals surface area contributed by atoms with Crippen LogP contribution < -0.4 is 0 Å². The Hall–Kier alpha value is -0.0800. The van der Waals surface area contributed by atoms with E-state index in [1.165, 1.54) is 25.7 Å². The lowest BCUT2D eigenvalue weighted by molar-refractivity contribution is -0.105. The minimum absolute atomic E-state index is 0.256. The highest BCUT2D eigenvalue weighted by molar-refractivity contribution is 4.89. The van der Waals surface area contributed by atoms with E-state index < -0.39 is 0 Å². The summed E-state index contributed by atoms with van der Waals surface area (Å²) in [4.78, 5) is 0. The lowest BCUT2D eigenvalue weighted by Gasteiger charge is -2.40. The maximum Gasteiger partial charge on any atom is 0.104 e. The van der Waals surface area contributed by atoms with Crippen LogP contribution in [0.4, 0.5) is 0 Å². The number of rotatable bonds is 4. The van der Waals surface area contributed by atoms with Crippen molar-refractivity contribution in [1.29, 1.82) is 0 Å². The summed E-state index contributed by atoms with van der Waals surface area (Å²) in [5.74, 6) is 0. The van der Waals surface area contributed by atoms with E-state index in [1.54, 1.807) is 0 Å². The summed E-state index contributed by atoms with van der Waals surface area (Å²) >= 11 is 0. The first-order valence-corrected chi connectivity index (χ1v) is 4.60. The van der Waals surface area contributed by atoms with Crippen LogP contribution in [-0.4, -0.2) is 24.9 Å². The maximum atomic E-state index is 5.81. The molecule has 1 unspecified atom stereocenters. The number of ether oxygens (including phenoxy) is 2. The molecule has 0 radical (unpaired) electrons. The van der Waals surface area contributed by atoms with Gasteiger partial charge in [-0.25, -0.2) is 0 Å². The number of hydrogen-bond acceptors (Lipinski definition) is 2. The van der Waals surface area contributed by atoms with Crippen LogP contribution in [-0.2, 0) is 9.47 Å². The molecule has 2 fully saturated rings. The first-order valence-electron chi connectivity index (χ1n) is 4.60. The second-order valence-corrected chi connectivity index (χ2v) is 3.66. The van der Waals surface area contributed by atoms with Crippen molar-refractivity contribution in [3.8, 4) is 0 Å². The highest BCUT2D eigenvalue weighted by Crippen LogP contribution is 2.38. The molecule has 1 aliphatic heterocycles. The van der Waals surface area contributed by atoms with Gasteiger partial charge in [0.25, 0.3) is 0 Å². The van der Waals surface area contributed by atoms with Crippen LogP contribution >= 0.6 is 0 Å². The van der Waals surface area contributed by atoms with Gasteiger partial charge in [0.2, 0.25) is 0 Å². The lowest BCUT2D eigenvalue weighted by atomic mass is 9.78. The fourth-order valence-electron chi connectivity index (χ4n) is 1.61. The van der Waals surface area contributed by atoms with Crippen LogP contribution in [0.2, 0.25) is 0 Å². The molecule has 2 rings (SSSR count). The fourth-order valence-corrected chi connectivity index (χ4v) is 1.61. The third-order valence-electron chi connectivity index (χ3n) is 2.89. The minimum Gasteiger partial charge on any atom is -0.372 e. The van der Waals surface area contributed by atoms with Crippen molar-refractivity contribution in [3.63, 3.8) is 0 Å². The molecule has 1 saturated heterocycles. The average Bonchev–Trinajstić information content (AvgIpc) is 2.70. The van der Waals surface area contributed by atoms with Crippen molar-refractivity contribution < 1.29 is 9.47 Å². The van der Waals surface area contributed by atoms with Crippen LogP contribution in [0.5, 0.6) is 0 Å². The monoisotopic (exact) mass is 156 g/mol. The molecule has 0 aromatic heterocycles. The van der Waals surface area contributed by atoms with E-state index in [0.29, 0.717) is 6.10 Å². The molecular weight excluding hydrogens is 140 g/mol. The molecule has 0 spiro atoms. The average molecular weight is 156 g/mol. The first kappa shape index (κ1) is 7.56. The van der Waals surface area contributed by atoms with Crippen LogP contribution in [0.3, 0.4) is 0 Å². The number of epoxide rings is 1. The van der Waals surface area contributed by atoms with E-state index in [9.17, 15) is 0 Å². The molecule has 2 heteroatoms. The summed E-state index contributed by atoms with van der Waals surface area (Å²) in [5.41, 5.74) is 0.256. The fraction of sp³-hybridized carbons (Fsp3) is 1.00. The quantitative estimate of drug-likeness (QED) is 0.578. The summed E-state index contributed by atoms with van der Waals surface area (Å²) in [6.45, 7) is 3.96. The van der Waals surface area contributed by atoms with Crippen molar-refractivity contribution in [2.75, 3.05) is 13.2 Å². The van der Waals surface area contributed by atoms with E-state index >= 15 is 0 Å². The minimum atomic E-state index is 0.256. The smallest absolute Gasteiger partial charge is 0.104 e. The topological polar surface area (TPSA) is 21.8 Å². The Kier molecular flexibility index (Phi) is 1.90. The molecule has 0 aromatic rings. The van der Waals surface area contributed by atoms with Crippen molar-refractivity contribution in [2.45, 2.75) is 44.3 Å². The second kappa shape index (κ2) is 2.76. The molecule has 1 heterocycles. The molecule has 64 valence electrons. The van der Waals surface area contributed by atoms with E-state index in [0.717, 1.165) is 13.2 Å². The summed E-state index contributed by atoms with van der Waals surface area (Å²) in [6, 6.07) is 0. The van der Waals surface area contributed by atoms with Gasteiger partial charge in [0.15, 0.2) is 0 Å². The molecule has 1 atom stereocenters. The highest BCUT2D eigenvalue weighted by Gasteiger charge is 2.38. The zero-order valence-electron chi connectivity index (χ0n) is 7.14. The van der Waals surface area contributed by atoms with Gasteiger partial charge >= 0.3 is 0 Å². The van der Waals surface area contributed by atoms with Crippen LogP contribution in [0.15, 0.2) is 0 Å². The molecule has 0 bridgehead atoms. The van der Waals surface area contributed by atoms with Crippen molar-refractivity contribution in [3.05, 3.63) is 0 Å². The lowest BCUT2D eigenvalue weighted by Crippen LogP contribution is -2.40. The second-order valence-electron chi connectivity index (χ2n) is 3.66. The van der Waals surface area contributed by atoms with Crippen LogP contribution in [0, 0.1) is 0 Å². The molecule has 2 aliphatic rings. The standard InChI is InChI=1S/C9H16O2/c1-2-9(4-3-5-9)11-7-8-6-10-8/h8H,2-7H2,1H3. The Morgan fingerprint density at radius 1 is 1.55 bits per heavy atom. The molecule has 0 N–H and O–H groups in total. The molecule has 1 saturated carbocycles. The van der Waals surface area contributed by atoms with E-state index in [-0.39, 0.29) is 5.60 Å². The Morgan fingerprint density at radius 3 is 2.64 bits per heavy atom. The highest BCUT2D eigenvalue weighted by atomic mass is 16.6. The zero-order chi connectivity index (χ0) is 7.73. The van der Waals surface area contributed by atoms with E-state index in [1.807, 2.05) is 0 Å². The van der Waals surface area contributed by atoms with Gasteiger partial charge in [-0.1, -0.05) is 6.92 Å². The Morgan fingerprint density at radius 2 is 2.27 bits per heavy atom. The predicted octanol–water partition coefficient (Wildman–Crippen LogP) is 1.73. The van der Waals surface area contributed by atoms with Gasteiger partial charge < -0.3 is 9.47 Å². The molecule has 1 aliphatic carbocycles. The zero-order valence-corrected chi connectivity index (χ0v) is 7.14. The summed E-state index contributed by atoms with van der Waals surface area (Å²) in [7, 11) is 0. The van der Waals surface area contributed by atoms with E-state index in [4.69, 9.17) is 9.47 Å². The van der Waals surface area contributed by atoms with Crippen LogP contribution in [0.25, 0.3) is 0 Å². The van der Waals surface area contributed by atoms with Gasteiger partial charge in [-0.2, -0.15) is 0 Å². The third-order valence-corrected chi connectivity index (χ3v) is 2.89. The molecule has 0 amide bonds. The first-order chi connectivity index (χ1) is 5.35. The summed E-state index contributed by atoms with van der Waals surface area (Å²) in [6.07, 6.45) is 5.46. The third kappa shape index (κ3) is 1.57. The molecule has 2 nitrogen and oxygen atoms in total. The Labute approximate surface area is 67.9 Å². The maximum absolute atomic E-state index is 5.81.